The van der Waals surface area contributed by atoms with E-state index in [1.165, 1.54) is 23.1 Å². The van der Waals surface area contributed by atoms with Gasteiger partial charge in [0.15, 0.2) is 5.17 Å². The molecule has 3 aliphatic rings. The van der Waals surface area contributed by atoms with E-state index in [1.807, 2.05) is 23.1 Å². The number of thioether (sulfide) groups is 2. The molecular formula is C25H26ClN3O2S2. The molecule has 0 atom stereocenters. The minimum absolute atomic E-state index is 0.0559. The Kier molecular flexibility index (Phi) is 6.63. The molecule has 0 unspecified atom stereocenters. The molecule has 8 heteroatoms. The van der Waals surface area contributed by atoms with Crippen LogP contribution in [0.3, 0.4) is 0 Å². The lowest BCUT2D eigenvalue weighted by molar-refractivity contribution is -0.124. The first-order valence-corrected chi connectivity index (χ1v) is 13.3. The number of ether oxygens (including phenoxy) is 1. The number of rotatable bonds is 4. The zero-order valence-electron chi connectivity index (χ0n) is 18.7. The highest BCUT2D eigenvalue weighted by Gasteiger charge is 2.43. The normalized spacial score (nSPS) is 22.4. The van der Waals surface area contributed by atoms with Crippen molar-refractivity contribution < 1.29 is 9.53 Å². The standard InChI is InChI=1S/C25H26ClN3O2S2/c1-3-28-19-11-7-8-12-21(19)32-24(28)22-23(30)29(17-9-5-4-6-10-17)25(33-22)27-18-15-16(26)13-14-20(18)31-2/h7-8,11-15,17H,3-6,9-10H2,1-2H3/b24-22-,27-25?. The van der Waals surface area contributed by atoms with Gasteiger partial charge in [-0.3, -0.25) is 9.69 Å². The quantitative estimate of drug-likeness (QED) is 0.422. The molecule has 2 fully saturated rings. The first-order chi connectivity index (χ1) is 16.1. The third-order valence-electron chi connectivity index (χ3n) is 6.23. The third-order valence-corrected chi connectivity index (χ3v) is 8.82. The number of halogens is 1. The Balaban J connectivity index is 1.60. The van der Waals surface area contributed by atoms with Crippen molar-refractivity contribution in [3.05, 3.63) is 57.4 Å². The number of hydrogen-bond acceptors (Lipinski definition) is 6. The molecule has 1 saturated heterocycles. The summed E-state index contributed by atoms with van der Waals surface area (Å²) in [6.45, 7) is 2.92. The number of hydrogen-bond donors (Lipinski definition) is 0. The number of para-hydroxylation sites is 1. The number of benzene rings is 2. The van der Waals surface area contributed by atoms with Crippen LogP contribution in [-0.2, 0) is 4.79 Å². The molecule has 0 bridgehead atoms. The van der Waals surface area contributed by atoms with Crippen LogP contribution in [0.25, 0.3) is 0 Å². The molecule has 2 heterocycles. The maximum absolute atomic E-state index is 13.9. The van der Waals surface area contributed by atoms with Gasteiger partial charge in [-0.2, -0.15) is 0 Å². The van der Waals surface area contributed by atoms with E-state index in [2.05, 4.69) is 24.0 Å². The molecule has 0 N–H and O–H groups in total. The summed E-state index contributed by atoms with van der Waals surface area (Å²) in [5.74, 6) is 0.697. The zero-order chi connectivity index (χ0) is 22.9. The number of nitrogens with zero attached hydrogens (tertiary/aromatic N) is 3. The second-order valence-corrected chi connectivity index (χ2v) is 10.7. The van der Waals surface area contributed by atoms with Crippen molar-refractivity contribution >= 4 is 57.6 Å². The van der Waals surface area contributed by atoms with Crippen molar-refractivity contribution in [2.24, 2.45) is 4.99 Å². The van der Waals surface area contributed by atoms with Gasteiger partial charge >= 0.3 is 0 Å². The summed E-state index contributed by atoms with van der Waals surface area (Å²) in [5.41, 5.74) is 1.80. The van der Waals surface area contributed by atoms with Gasteiger partial charge in [0.05, 0.1) is 12.8 Å². The summed E-state index contributed by atoms with van der Waals surface area (Å²) in [5, 5.41) is 2.30. The molecule has 33 heavy (non-hydrogen) atoms. The maximum Gasteiger partial charge on any atom is 0.269 e. The smallest absolute Gasteiger partial charge is 0.269 e. The largest absolute Gasteiger partial charge is 0.494 e. The number of aliphatic imine (C=N–C) groups is 1. The Labute approximate surface area is 208 Å². The first-order valence-electron chi connectivity index (χ1n) is 11.3. The maximum atomic E-state index is 13.9. The summed E-state index contributed by atoms with van der Waals surface area (Å²) in [7, 11) is 1.62. The Morgan fingerprint density at radius 2 is 1.91 bits per heavy atom. The fourth-order valence-electron chi connectivity index (χ4n) is 4.62. The number of anilines is 1. The van der Waals surface area contributed by atoms with Crippen LogP contribution in [0.4, 0.5) is 11.4 Å². The Morgan fingerprint density at radius 3 is 2.67 bits per heavy atom. The van der Waals surface area contributed by atoms with E-state index in [-0.39, 0.29) is 11.9 Å². The minimum Gasteiger partial charge on any atom is -0.494 e. The number of amides is 1. The molecule has 172 valence electrons. The predicted octanol–water partition coefficient (Wildman–Crippen LogP) is 7.05. The summed E-state index contributed by atoms with van der Waals surface area (Å²) >= 11 is 9.41. The molecule has 2 aromatic rings. The van der Waals surface area contributed by atoms with E-state index >= 15 is 0 Å². The van der Waals surface area contributed by atoms with Gasteiger partial charge in [0, 0.05) is 22.5 Å². The SMILES string of the molecule is CCN1/C(=C2/SC(=Nc3cc(Cl)ccc3OC)N(C3CCCCC3)C2=O)Sc2ccccc21. The molecule has 5 nitrogen and oxygen atoms in total. The molecule has 0 radical (unpaired) electrons. The fourth-order valence-corrected chi connectivity index (χ4v) is 7.24. The van der Waals surface area contributed by atoms with Crippen molar-refractivity contribution in [1.29, 1.82) is 0 Å². The van der Waals surface area contributed by atoms with Crippen molar-refractivity contribution in [3.8, 4) is 5.75 Å². The average Bonchev–Trinajstić information content (AvgIpc) is 3.36. The average molecular weight is 500 g/mol. The van der Waals surface area contributed by atoms with Gasteiger partial charge in [-0.15, -0.1) is 0 Å². The number of carbonyl (C=O) groups is 1. The summed E-state index contributed by atoms with van der Waals surface area (Å²) in [4.78, 5) is 24.9. The van der Waals surface area contributed by atoms with E-state index < -0.39 is 0 Å². The highest BCUT2D eigenvalue weighted by molar-refractivity contribution is 8.19. The zero-order valence-corrected chi connectivity index (χ0v) is 21.1. The van der Waals surface area contributed by atoms with Crippen molar-refractivity contribution in [1.82, 2.24) is 4.90 Å². The molecule has 1 amide bonds. The van der Waals surface area contributed by atoms with Crippen LogP contribution < -0.4 is 9.64 Å². The third kappa shape index (κ3) is 4.27. The van der Waals surface area contributed by atoms with Gasteiger partial charge in [0.2, 0.25) is 0 Å². The highest BCUT2D eigenvalue weighted by atomic mass is 35.5. The molecule has 5 rings (SSSR count). The molecule has 2 aromatic carbocycles. The van der Waals surface area contributed by atoms with Gasteiger partial charge in [-0.1, -0.05) is 54.8 Å². The van der Waals surface area contributed by atoms with E-state index in [0.29, 0.717) is 21.6 Å². The first kappa shape index (κ1) is 22.7. The Morgan fingerprint density at radius 1 is 1.12 bits per heavy atom. The van der Waals surface area contributed by atoms with Crippen molar-refractivity contribution in [2.45, 2.75) is 50.0 Å². The predicted molar refractivity (Wildman–Crippen MR) is 139 cm³/mol. The van der Waals surface area contributed by atoms with Crippen LogP contribution in [-0.4, -0.2) is 35.7 Å². The van der Waals surface area contributed by atoms with E-state index in [9.17, 15) is 4.79 Å². The van der Waals surface area contributed by atoms with Crippen LogP contribution in [0.5, 0.6) is 5.75 Å². The topological polar surface area (TPSA) is 45.1 Å². The minimum atomic E-state index is 0.0559. The van der Waals surface area contributed by atoms with E-state index in [1.54, 1.807) is 31.0 Å². The van der Waals surface area contributed by atoms with Crippen LogP contribution in [0, 0.1) is 0 Å². The summed E-state index contributed by atoms with van der Waals surface area (Å²) in [6.07, 6.45) is 5.51. The summed E-state index contributed by atoms with van der Waals surface area (Å²) < 4.78 is 5.52. The number of methoxy groups -OCH3 is 1. The summed E-state index contributed by atoms with van der Waals surface area (Å²) in [6, 6.07) is 13.9. The van der Waals surface area contributed by atoms with Crippen molar-refractivity contribution in [2.75, 3.05) is 18.6 Å². The number of amidine groups is 1. The van der Waals surface area contributed by atoms with E-state index in [4.69, 9.17) is 21.3 Å². The van der Waals surface area contributed by atoms with Crippen LogP contribution >= 0.6 is 35.1 Å². The van der Waals surface area contributed by atoms with Crippen LogP contribution in [0.15, 0.2) is 62.3 Å². The fraction of sp³-hybridized carbons (Fsp3) is 0.360. The Bertz CT molecular complexity index is 1140. The molecule has 0 spiro atoms. The lowest BCUT2D eigenvalue weighted by atomic mass is 9.94. The van der Waals surface area contributed by atoms with Crippen molar-refractivity contribution in [3.63, 3.8) is 0 Å². The number of fused-ring (bicyclic) bond motifs is 1. The molecule has 2 aliphatic heterocycles. The molecule has 1 aliphatic carbocycles. The second kappa shape index (κ2) is 9.65. The molecule has 0 aromatic heterocycles. The van der Waals surface area contributed by atoms with Crippen LogP contribution in [0.2, 0.25) is 5.02 Å². The lowest BCUT2D eigenvalue weighted by Gasteiger charge is -2.30. The lowest BCUT2D eigenvalue weighted by Crippen LogP contribution is -2.40. The van der Waals surface area contributed by atoms with Gasteiger partial charge in [-0.05, 0) is 61.9 Å². The monoisotopic (exact) mass is 499 g/mol. The second-order valence-electron chi connectivity index (χ2n) is 8.23. The van der Waals surface area contributed by atoms with Gasteiger partial charge in [0.25, 0.3) is 5.91 Å². The van der Waals surface area contributed by atoms with Crippen LogP contribution in [0.1, 0.15) is 39.0 Å². The highest BCUT2D eigenvalue weighted by Crippen LogP contribution is 2.51. The van der Waals surface area contributed by atoms with Gasteiger partial charge in [-0.25, -0.2) is 4.99 Å². The van der Waals surface area contributed by atoms with Gasteiger partial charge in [0.1, 0.15) is 21.4 Å². The molecular weight excluding hydrogens is 474 g/mol. The Hall–Kier alpha value is -2.09. The van der Waals surface area contributed by atoms with E-state index in [0.717, 1.165) is 47.8 Å². The molecule has 1 saturated carbocycles. The van der Waals surface area contributed by atoms with Gasteiger partial charge < -0.3 is 9.64 Å². The number of carbonyl (C=O) groups excluding carboxylic acids is 1.